The Morgan fingerprint density at radius 3 is 2.38 bits per heavy atom. The molecule has 0 aliphatic heterocycles. The van der Waals surface area contributed by atoms with Crippen molar-refractivity contribution in [3.63, 3.8) is 0 Å². The molecule has 1 rings (SSSR count). The van der Waals surface area contributed by atoms with Crippen molar-refractivity contribution >= 4 is 43.7 Å². The standard InChI is InChI=1S/C14H15Br2N3O2/c15-10-6-9(7-11(16)8-10)14(21)19-12(13(18)20)4-2-1-3-5-17/h6-8,12H,1-4H2,(H2,18,20)(H,19,21)/t12-/m0/s1. The molecule has 3 N–H and O–H groups in total. The van der Waals surface area contributed by atoms with Gasteiger partial charge in [0.1, 0.15) is 6.04 Å². The van der Waals surface area contributed by atoms with Gasteiger partial charge in [-0.25, -0.2) is 0 Å². The van der Waals surface area contributed by atoms with Gasteiger partial charge < -0.3 is 11.1 Å². The van der Waals surface area contributed by atoms with E-state index in [9.17, 15) is 9.59 Å². The quantitative estimate of drug-likeness (QED) is 0.668. The van der Waals surface area contributed by atoms with E-state index in [4.69, 9.17) is 11.0 Å². The zero-order valence-corrected chi connectivity index (χ0v) is 14.4. The average Bonchev–Trinajstić information content (AvgIpc) is 2.40. The molecule has 0 saturated carbocycles. The van der Waals surface area contributed by atoms with Crippen LogP contribution >= 0.6 is 31.9 Å². The number of nitriles is 1. The van der Waals surface area contributed by atoms with Crippen LogP contribution in [-0.4, -0.2) is 17.9 Å². The van der Waals surface area contributed by atoms with E-state index in [2.05, 4.69) is 37.2 Å². The van der Waals surface area contributed by atoms with Gasteiger partial charge in [0.2, 0.25) is 5.91 Å². The predicted molar refractivity (Wildman–Crippen MR) is 86.4 cm³/mol. The van der Waals surface area contributed by atoms with Gasteiger partial charge in [-0.15, -0.1) is 0 Å². The highest BCUT2D eigenvalue weighted by atomic mass is 79.9. The summed E-state index contributed by atoms with van der Waals surface area (Å²) in [6.07, 6.45) is 2.19. The molecule has 0 aromatic heterocycles. The molecule has 7 heteroatoms. The monoisotopic (exact) mass is 415 g/mol. The molecule has 0 heterocycles. The molecule has 0 spiro atoms. The molecular weight excluding hydrogens is 402 g/mol. The molecular formula is C14H15Br2N3O2. The van der Waals surface area contributed by atoms with E-state index >= 15 is 0 Å². The van der Waals surface area contributed by atoms with Gasteiger partial charge in [0.15, 0.2) is 0 Å². The van der Waals surface area contributed by atoms with Crippen LogP contribution in [0.25, 0.3) is 0 Å². The maximum Gasteiger partial charge on any atom is 0.252 e. The van der Waals surface area contributed by atoms with Gasteiger partial charge in [0.05, 0.1) is 6.07 Å². The second kappa shape index (κ2) is 8.80. The summed E-state index contributed by atoms with van der Waals surface area (Å²) in [5.41, 5.74) is 5.73. The number of unbranched alkanes of at least 4 members (excludes halogenated alkanes) is 2. The smallest absolute Gasteiger partial charge is 0.252 e. The third kappa shape index (κ3) is 6.27. The zero-order chi connectivity index (χ0) is 15.8. The van der Waals surface area contributed by atoms with Crippen molar-refractivity contribution in [2.45, 2.75) is 31.7 Å². The topological polar surface area (TPSA) is 96.0 Å². The van der Waals surface area contributed by atoms with Gasteiger partial charge in [-0.1, -0.05) is 31.9 Å². The molecule has 1 atom stereocenters. The van der Waals surface area contributed by atoms with Crippen LogP contribution in [0.3, 0.4) is 0 Å². The van der Waals surface area contributed by atoms with Crippen LogP contribution in [0.4, 0.5) is 0 Å². The van der Waals surface area contributed by atoms with Crippen LogP contribution in [0.15, 0.2) is 27.1 Å². The molecule has 0 radical (unpaired) electrons. The Balaban J connectivity index is 2.68. The van der Waals surface area contributed by atoms with Crippen LogP contribution in [-0.2, 0) is 4.79 Å². The van der Waals surface area contributed by atoms with E-state index in [1.165, 1.54) is 0 Å². The fraction of sp³-hybridized carbons (Fsp3) is 0.357. The molecule has 0 saturated heterocycles. The number of nitrogens with zero attached hydrogens (tertiary/aromatic N) is 1. The lowest BCUT2D eigenvalue weighted by molar-refractivity contribution is -0.120. The number of rotatable bonds is 7. The van der Waals surface area contributed by atoms with Crippen molar-refractivity contribution in [1.82, 2.24) is 5.32 Å². The highest BCUT2D eigenvalue weighted by molar-refractivity contribution is 9.11. The number of carbonyl (C=O) groups is 2. The van der Waals surface area contributed by atoms with Crippen molar-refractivity contribution in [2.24, 2.45) is 5.73 Å². The lowest BCUT2D eigenvalue weighted by atomic mass is 10.1. The number of nitrogens with one attached hydrogen (secondary N) is 1. The maximum atomic E-state index is 12.1. The van der Waals surface area contributed by atoms with Gasteiger partial charge in [-0.3, -0.25) is 9.59 Å². The van der Waals surface area contributed by atoms with Crippen LogP contribution in [0.5, 0.6) is 0 Å². The summed E-state index contributed by atoms with van der Waals surface area (Å²) in [6.45, 7) is 0. The first-order chi connectivity index (χ1) is 9.93. The summed E-state index contributed by atoms with van der Waals surface area (Å²) in [5, 5.41) is 11.1. The molecule has 21 heavy (non-hydrogen) atoms. The van der Waals surface area contributed by atoms with E-state index in [-0.39, 0.29) is 5.91 Å². The predicted octanol–water partition coefficient (Wildman–Crippen LogP) is 2.88. The van der Waals surface area contributed by atoms with Crippen molar-refractivity contribution < 1.29 is 9.59 Å². The lowest BCUT2D eigenvalue weighted by Crippen LogP contribution is -2.44. The summed E-state index contributed by atoms with van der Waals surface area (Å²) >= 11 is 6.61. The van der Waals surface area contributed by atoms with Crippen molar-refractivity contribution in [2.75, 3.05) is 0 Å². The Kier molecular flexibility index (Phi) is 7.40. The van der Waals surface area contributed by atoms with E-state index in [0.29, 0.717) is 31.2 Å². The highest BCUT2D eigenvalue weighted by Crippen LogP contribution is 2.20. The Labute approximate surface area is 140 Å². The number of benzene rings is 1. The van der Waals surface area contributed by atoms with Crippen molar-refractivity contribution in [3.05, 3.63) is 32.7 Å². The minimum atomic E-state index is -0.728. The van der Waals surface area contributed by atoms with Crippen LogP contribution in [0.2, 0.25) is 0 Å². The number of hydrogen-bond donors (Lipinski definition) is 2. The largest absolute Gasteiger partial charge is 0.368 e. The number of hydrogen-bond acceptors (Lipinski definition) is 3. The van der Waals surface area contributed by atoms with Gasteiger partial charge in [-0.2, -0.15) is 5.26 Å². The summed E-state index contributed by atoms with van der Waals surface area (Å²) in [4.78, 5) is 23.5. The third-order valence-corrected chi connectivity index (χ3v) is 3.72. The van der Waals surface area contributed by atoms with E-state index in [1.807, 2.05) is 12.1 Å². The molecule has 0 aliphatic carbocycles. The number of carbonyl (C=O) groups excluding carboxylic acids is 2. The van der Waals surface area contributed by atoms with Crippen LogP contribution in [0.1, 0.15) is 36.0 Å². The van der Waals surface area contributed by atoms with Gasteiger partial charge in [0.25, 0.3) is 5.91 Å². The van der Waals surface area contributed by atoms with E-state index < -0.39 is 11.9 Å². The molecule has 0 unspecified atom stereocenters. The first-order valence-corrected chi connectivity index (χ1v) is 7.96. The molecule has 0 fully saturated rings. The molecule has 1 aromatic carbocycles. The normalized spacial score (nSPS) is 11.5. The number of amides is 2. The molecule has 0 aliphatic rings. The summed E-state index contributed by atoms with van der Waals surface area (Å²) in [7, 11) is 0. The molecule has 2 amide bonds. The SMILES string of the molecule is N#CCCCC[C@H](NC(=O)c1cc(Br)cc(Br)c1)C(N)=O. The average molecular weight is 417 g/mol. The Morgan fingerprint density at radius 1 is 1.24 bits per heavy atom. The summed E-state index contributed by atoms with van der Waals surface area (Å²) in [6, 6.07) is 6.44. The number of nitrogens with two attached hydrogens (primary N) is 1. The van der Waals surface area contributed by atoms with Gasteiger partial charge >= 0.3 is 0 Å². The first kappa shape index (κ1) is 17.7. The third-order valence-electron chi connectivity index (χ3n) is 2.80. The van der Waals surface area contributed by atoms with E-state index in [1.54, 1.807) is 12.1 Å². The fourth-order valence-corrected chi connectivity index (χ4v) is 3.06. The van der Waals surface area contributed by atoms with Gasteiger partial charge in [0, 0.05) is 20.9 Å². The fourth-order valence-electron chi connectivity index (χ4n) is 1.76. The second-order valence-electron chi connectivity index (χ2n) is 4.49. The lowest BCUT2D eigenvalue weighted by Gasteiger charge is -2.15. The van der Waals surface area contributed by atoms with Crippen LogP contribution < -0.4 is 11.1 Å². The Bertz CT molecular complexity index is 550. The molecule has 5 nitrogen and oxygen atoms in total. The van der Waals surface area contributed by atoms with Crippen LogP contribution in [0, 0.1) is 11.3 Å². The number of halogens is 2. The zero-order valence-electron chi connectivity index (χ0n) is 11.2. The first-order valence-electron chi connectivity index (χ1n) is 6.37. The minimum absolute atomic E-state index is 0.360. The highest BCUT2D eigenvalue weighted by Gasteiger charge is 2.18. The minimum Gasteiger partial charge on any atom is -0.368 e. The van der Waals surface area contributed by atoms with Gasteiger partial charge in [-0.05, 0) is 37.5 Å². The molecule has 1 aromatic rings. The number of primary amides is 1. The second-order valence-corrected chi connectivity index (χ2v) is 6.32. The molecule has 0 bridgehead atoms. The Hall–Kier alpha value is -1.39. The summed E-state index contributed by atoms with van der Waals surface area (Å²) in [5.74, 6) is -0.935. The van der Waals surface area contributed by atoms with Crippen molar-refractivity contribution in [3.8, 4) is 6.07 Å². The Morgan fingerprint density at radius 2 is 1.86 bits per heavy atom. The summed E-state index contributed by atoms with van der Waals surface area (Å²) < 4.78 is 1.51. The maximum absolute atomic E-state index is 12.1. The molecule has 112 valence electrons. The van der Waals surface area contributed by atoms with Crippen molar-refractivity contribution in [1.29, 1.82) is 5.26 Å². The van der Waals surface area contributed by atoms with E-state index in [0.717, 1.165) is 8.95 Å².